The van der Waals surface area contributed by atoms with E-state index in [2.05, 4.69) is 0 Å². The van der Waals surface area contributed by atoms with Gasteiger partial charge < -0.3 is 14.2 Å². The third-order valence-electron chi connectivity index (χ3n) is 3.37. The van der Waals surface area contributed by atoms with Crippen LogP contribution >= 0.6 is 0 Å². The van der Waals surface area contributed by atoms with Gasteiger partial charge in [-0.3, -0.25) is 9.59 Å². The molecular weight excluding hydrogens is 236 g/mol. The zero-order chi connectivity index (χ0) is 14.0. The van der Waals surface area contributed by atoms with Crippen molar-refractivity contribution in [2.75, 3.05) is 6.61 Å². The molecule has 0 aromatic heterocycles. The quantitative estimate of drug-likeness (QED) is 0.706. The van der Waals surface area contributed by atoms with Crippen LogP contribution in [0.25, 0.3) is 0 Å². The van der Waals surface area contributed by atoms with Crippen LogP contribution in [-0.2, 0) is 23.8 Å². The summed E-state index contributed by atoms with van der Waals surface area (Å²) in [7, 11) is 0. The van der Waals surface area contributed by atoms with Crippen LogP contribution in [0.2, 0.25) is 0 Å². The molecule has 0 saturated carbocycles. The Morgan fingerprint density at radius 3 is 2.61 bits per heavy atom. The minimum Gasteiger partial charge on any atom is -0.454 e. The molecule has 0 spiro atoms. The molecule has 0 aliphatic carbocycles. The zero-order valence-electron chi connectivity index (χ0n) is 11.7. The van der Waals surface area contributed by atoms with Gasteiger partial charge in [0.15, 0.2) is 6.10 Å². The Balaban J connectivity index is 2.76. The fourth-order valence-corrected chi connectivity index (χ4v) is 1.66. The summed E-state index contributed by atoms with van der Waals surface area (Å²) >= 11 is 0. The van der Waals surface area contributed by atoms with Gasteiger partial charge in [0, 0.05) is 13.5 Å². The summed E-state index contributed by atoms with van der Waals surface area (Å²) < 4.78 is 15.9. The number of hydrogen-bond donors (Lipinski definition) is 0. The van der Waals surface area contributed by atoms with Crippen molar-refractivity contribution in [2.24, 2.45) is 5.41 Å². The molecule has 1 fully saturated rings. The Morgan fingerprint density at radius 1 is 1.50 bits per heavy atom. The average molecular weight is 258 g/mol. The van der Waals surface area contributed by atoms with Crippen LogP contribution in [0.15, 0.2) is 0 Å². The fraction of sp³-hybridized carbons (Fsp3) is 0.846. The van der Waals surface area contributed by atoms with E-state index in [0.717, 1.165) is 0 Å². The first-order valence-electron chi connectivity index (χ1n) is 6.32. The van der Waals surface area contributed by atoms with E-state index in [1.54, 1.807) is 13.8 Å². The van der Waals surface area contributed by atoms with Crippen LogP contribution in [0.3, 0.4) is 0 Å². The first-order valence-corrected chi connectivity index (χ1v) is 6.32. The highest BCUT2D eigenvalue weighted by molar-refractivity contribution is 5.78. The van der Waals surface area contributed by atoms with Gasteiger partial charge in [0.2, 0.25) is 5.79 Å². The Kier molecular flexibility index (Phi) is 4.37. The summed E-state index contributed by atoms with van der Waals surface area (Å²) in [5.74, 6) is -1.90. The van der Waals surface area contributed by atoms with Crippen molar-refractivity contribution in [3.63, 3.8) is 0 Å². The molecule has 5 nitrogen and oxygen atoms in total. The lowest BCUT2D eigenvalue weighted by Gasteiger charge is -2.30. The Labute approximate surface area is 108 Å². The number of rotatable bonds is 5. The third kappa shape index (κ3) is 3.02. The summed E-state index contributed by atoms with van der Waals surface area (Å²) in [5.41, 5.74) is -0.571. The molecule has 1 aliphatic heterocycles. The molecular formula is C13H22O5. The second-order valence-corrected chi connectivity index (χ2v) is 5.26. The minimum absolute atomic E-state index is 0.0437. The molecule has 1 saturated heterocycles. The van der Waals surface area contributed by atoms with E-state index in [9.17, 15) is 9.59 Å². The SMILES string of the molecule is CCOC1(C)OC(=O)CC1OC(=O)C(C)(C)CC. The minimum atomic E-state index is -1.16. The van der Waals surface area contributed by atoms with Gasteiger partial charge in [-0.15, -0.1) is 0 Å². The van der Waals surface area contributed by atoms with Crippen molar-refractivity contribution in [3.8, 4) is 0 Å². The Morgan fingerprint density at radius 2 is 2.11 bits per heavy atom. The molecule has 0 amide bonds. The molecule has 0 radical (unpaired) electrons. The summed E-state index contributed by atoms with van der Waals surface area (Å²) in [5, 5.41) is 0. The van der Waals surface area contributed by atoms with Crippen molar-refractivity contribution in [1.82, 2.24) is 0 Å². The first kappa shape index (κ1) is 15.0. The standard InChI is InChI=1S/C13H22O5/c1-6-12(3,4)11(15)17-9-8-10(14)18-13(9,5)16-7-2/h9H,6-8H2,1-5H3. The van der Waals surface area contributed by atoms with E-state index in [-0.39, 0.29) is 12.4 Å². The highest BCUT2D eigenvalue weighted by Gasteiger charge is 2.50. The second kappa shape index (κ2) is 5.26. The molecule has 1 aliphatic rings. The maximum atomic E-state index is 12.0. The van der Waals surface area contributed by atoms with Crippen LogP contribution in [0.1, 0.15) is 47.5 Å². The topological polar surface area (TPSA) is 61.8 Å². The van der Waals surface area contributed by atoms with E-state index >= 15 is 0 Å². The molecule has 104 valence electrons. The second-order valence-electron chi connectivity index (χ2n) is 5.26. The van der Waals surface area contributed by atoms with Crippen LogP contribution in [0.5, 0.6) is 0 Å². The summed E-state index contributed by atoms with van der Waals surface area (Å²) in [4.78, 5) is 23.4. The van der Waals surface area contributed by atoms with Crippen LogP contribution < -0.4 is 0 Å². The number of cyclic esters (lactones) is 1. The molecule has 18 heavy (non-hydrogen) atoms. The van der Waals surface area contributed by atoms with Gasteiger partial charge in [0.25, 0.3) is 0 Å². The monoisotopic (exact) mass is 258 g/mol. The van der Waals surface area contributed by atoms with Gasteiger partial charge in [0.05, 0.1) is 11.8 Å². The Bertz CT molecular complexity index is 336. The summed E-state index contributed by atoms with van der Waals surface area (Å²) in [6.45, 7) is 9.34. The molecule has 0 N–H and O–H groups in total. The highest BCUT2D eigenvalue weighted by Crippen LogP contribution is 2.33. The maximum Gasteiger partial charge on any atom is 0.312 e. The fourth-order valence-electron chi connectivity index (χ4n) is 1.66. The number of hydrogen-bond acceptors (Lipinski definition) is 5. The normalized spacial score (nSPS) is 28.1. The molecule has 0 aromatic rings. The van der Waals surface area contributed by atoms with Crippen LogP contribution in [0.4, 0.5) is 0 Å². The van der Waals surface area contributed by atoms with E-state index in [4.69, 9.17) is 14.2 Å². The average Bonchev–Trinajstić information content (AvgIpc) is 2.54. The number of carbonyl (C=O) groups excluding carboxylic acids is 2. The molecule has 1 heterocycles. The maximum absolute atomic E-state index is 12.0. The van der Waals surface area contributed by atoms with Gasteiger partial charge >= 0.3 is 11.9 Å². The first-order chi connectivity index (χ1) is 8.25. The third-order valence-corrected chi connectivity index (χ3v) is 3.37. The molecule has 0 bridgehead atoms. The van der Waals surface area contributed by atoms with Crippen molar-refractivity contribution in [1.29, 1.82) is 0 Å². The smallest absolute Gasteiger partial charge is 0.312 e. The van der Waals surface area contributed by atoms with E-state index < -0.39 is 23.3 Å². The van der Waals surface area contributed by atoms with E-state index in [1.165, 1.54) is 0 Å². The highest BCUT2D eigenvalue weighted by atomic mass is 16.7. The van der Waals surface area contributed by atoms with Gasteiger partial charge in [0.1, 0.15) is 0 Å². The lowest BCUT2D eigenvalue weighted by Crippen LogP contribution is -2.43. The molecule has 5 heteroatoms. The predicted octanol–water partition coefficient (Wildman–Crippen LogP) is 2.03. The van der Waals surface area contributed by atoms with E-state index in [1.807, 2.05) is 20.8 Å². The molecule has 2 unspecified atom stereocenters. The van der Waals surface area contributed by atoms with Crippen LogP contribution in [0, 0.1) is 5.41 Å². The van der Waals surface area contributed by atoms with Crippen molar-refractivity contribution in [3.05, 3.63) is 0 Å². The van der Waals surface area contributed by atoms with Crippen molar-refractivity contribution < 1.29 is 23.8 Å². The lowest BCUT2D eigenvalue weighted by molar-refractivity contribution is -0.239. The molecule has 1 rings (SSSR count). The predicted molar refractivity (Wildman–Crippen MR) is 64.7 cm³/mol. The van der Waals surface area contributed by atoms with Gasteiger partial charge in [-0.1, -0.05) is 6.92 Å². The van der Waals surface area contributed by atoms with Gasteiger partial charge in [-0.25, -0.2) is 0 Å². The van der Waals surface area contributed by atoms with E-state index in [0.29, 0.717) is 13.0 Å². The van der Waals surface area contributed by atoms with Crippen molar-refractivity contribution in [2.45, 2.75) is 59.4 Å². The number of esters is 2. The number of ether oxygens (including phenoxy) is 3. The zero-order valence-corrected chi connectivity index (χ0v) is 11.7. The van der Waals surface area contributed by atoms with Gasteiger partial charge in [-0.05, 0) is 27.2 Å². The van der Waals surface area contributed by atoms with Crippen LogP contribution in [-0.4, -0.2) is 30.4 Å². The number of carbonyl (C=O) groups is 2. The van der Waals surface area contributed by atoms with Gasteiger partial charge in [-0.2, -0.15) is 0 Å². The molecule has 2 atom stereocenters. The summed E-state index contributed by atoms with van der Waals surface area (Å²) in [6, 6.07) is 0. The Hall–Kier alpha value is -1.10. The largest absolute Gasteiger partial charge is 0.454 e. The molecule has 0 aromatic carbocycles. The summed E-state index contributed by atoms with van der Waals surface area (Å²) in [6.07, 6.45) is 0.0315. The van der Waals surface area contributed by atoms with Crippen molar-refractivity contribution >= 4 is 11.9 Å². The lowest BCUT2D eigenvalue weighted by atomic mass is 9.90.